The van der Waals surface area contributed by atoms with E-state index in [0.29, 0.717) is 19.5 Å². The number of amides is 2. The number of nitrogens with zero attached hydrogens (tertiary/aromatic N) is 1. The van der Waals surface area contributed by atoms with E-state index in [1.807, 2.05) is 29.2 Å². The molecule has 2 aromatic rings. The van der Waals surface area contributed by atoms with Crippen molar-refractivity contribution in [3.05, 3.63) is 71.0 Å². The molecule has 2 aromatic carbocycles. The summed E-state index contributed by atoms with van der Waals surface area (Å²) in [4.78, 5) is 25.8. The number of rotatable bonds is 6. The SMILES string of the molecule is O=C(Cc1ccc(F)cc1)NCc1ccccc1CN1CCCC1=O. The van der Waals surface area contributed by atoms with E-state index in [1.165, 1.54) is 12.1 Å². The van der Waals surface area contributed by atoms with Crippen molar-refractivity contribution in [3.63, 3.8) is 0 Å². The van der Waals surface area contributed by atoms with Gasteiger partial charge in [-0.15, -0.1) is 0 Å². The van der Waals surface area contributed by atoms with E-state index in [2.05, 4.69) is 5.32 Å². The van der Waals surface area contributed by atoms with Crippen molar-refractivity contribution < 1.29 is 14.0 Å². The Morgan fingerprint density at radius 3 is 2.48 bits per heavy atom. The molecule has 0 spiro atoms. The quantitative estimate of drug-likeness (QED) is 0.879. The van der Waals surface area contributed by atoms with Gasteiger partial charge in [0, 0.05) is 26.1 Å². The minimum Gasteiger partial charge on any atom is -0.352 e. The maximum Gasteiger partial charge on any atom is 0.224 e. The first kappa shape index (κ1) is 17.1. The molecule has 0 atom stereocenters. The van der Waals surface area contributed by atoms with E-state index >= 15 is 0 Å². The first-order chi connectivity index (χ1) is 12.1. The van der Waals surface area contributed by atoms with E-state index in [0.717, 1.165) is 29.7 Å². The minimum absolute atomic E-state index is 0.112. The molecule has 0 radical (unpaired) electrons. The van der Waals surface area contributed by atoms with E-state index in [1.54, 1.807) is 12.1 Å². The second-order valence-electron chi connectivity index (χ2n) is 6.27. The zero-order valence-electron chi connectivity index (χ0n) is 14.0. The molecule has 1 N–H and O–H groups in total. The van der Waals surface area contributed by atoms with Crippen molar-refractivity contribution in [2.75, 3.05) is 6.54 Å². The predicted molar refractivity (Wildman–Crippen MR) is 93.0 cm³/mol. The Hall–Kier alpha value is -2.69. The second-order valence-corrected chi connectivity index (χ2v) is 6.27. The van der Waals surface area contributed by atoms with Gasteiger partial charge < -0.3 is 10.2 Å². The Bertz CT molecular complexity index is 759. The lowest BCUT2D eigenvalue weighted by Crippen LogP contribution is -2.27. The molecule has 4 nitrogen and oxygen atoms in total. The van der Waals surface area contributed by atoms with E-state index in [-0.39, 0.29) is 24.1 Å². The molecule has 0 saturated carbocycles. The van der Waals surface area contributed by atoms with Crippen molar-refractivity contribution >= 4 is 11.8 Å². The Morgan fingerprint density at radius 1 is 1.08 bits per heavy atom. The number of carbonyl (C=O) groups excluding carboxylic acids is 2. The lowest BCUT2D eigenvalue weighted by Gasteiger charge is -2.18. The molecule has 0 aromatic heterocycles. The summed E-state index contributed by atoms with van der Waals surface area (Å²) < 4.78 is 12.9. The van der Waals surface area contributed by atoms with Crippen molar-refractivity contribution in [3.8, 4) is 0 Å². The Morgan fingerprint density at radius 2 is 1.80 bits per heavy atom. The molecule has 25 heavy (non-hydrogen) atoms. The summed E-state index contributed by atoms with van der Waals surface area (Å²) in [6.45, 7) is 1.80. The van der Waals surface area contributed by atoms with Crippen LogP contribution in [0.2, 0.25) is 0 Å². The number of hydrogen-bond donors (Lipinski definition) is 1. The van der Waals surface area contributed by atoms with Crippen LogP contribution in [0.5, 0.6) is 0 Å². The van der Waals surface area contributed by atoms with Crippen LogP contribution in [0, 0.1) is 5.82 Å². The third kappa shape index (κ3) is 4.66. The fraction of sp³-hybridized carbons (Fsp3) is 0.300. The molecule has 130 valence electrons. The van der Waals surface area contributed by atoms with Gasteiger partial charge in [0.2, 0.25) is 11.8 Å². The third-order valence-electron chi connectivity index (χ3n) is 4.40. The Kier molecular flexibility index (Phi) is 5.43. The van der Waals surface area contributed by atoms with Crippen LogP contribution in [0.3, 0.4) is 0 Å². The Balaban J connectivity index is 1.58. The molecule has 5 heteroatoms. The molecule has 1 aliphatic heterocycles. The number of carbonyl (C=O) groups is 2. The minimum atomic E-state index is -0.311. The molecular formula is C20H21FN2O2. The highest BCUT2D eigenvalue weighted by atomic mass is 19.1. The second kappa shape index (κ2) is 7.92. The molecule has 2 amide bonds. The molecular weight excluding hydrogens is 319 g/mol. The Labute approximate surface area is 146 Å². The summed E-state index contributed by atoms with van der Waals surface area (Å²) in [5, 5.41) is 2.90. The van der Waals surface area contributed by atoms with Crippen LogP contribution in [-0.2, 0) is 29.1 Å². The molecule has 0 bridgehead atoms. The van der Waals surface area contributed by atoms with Crippen LogP contribution in [0.1, 0.15) is 29.5 Å². The van der Waals surface area contributed by atoms with Crippen LogP contribution < -0.4 is 5.32 Å². The van der Waals surface area contributed by atoms with E-state index in [9.17, 15) is 14.0 Å². The fourth-order valence-electron chi connectivity index (χ4n) is 3.00. The highest BCUT2D eigenvalue weighted by molar-refractivity contribution is 5.79. The van der Waals surface area contributed by atoms with Gasteiger partial charge in [0.1, 0.15) is 5.82 Å². The summed E-state index contributed by atoms with van der Waals surface area (Å²) >= 11 is 0. The average molecular weight is 340 g/mol. The fourth-order valence-corrected chi connectivity index (χ4v) is 3.00. The highest BCUT2D eigenvalue weighted by Crippen LogP contribution is 2.17. The van der Waals surface area contributed by atoms with Crippen LogP contribution in [-0.4, -0.2) is 23.3 Å². The van der Waals surface area contributed by atoms with Crippen LogP contribution in [0.15, 0.2) is 48.5 Å². The average Bonchev–Trinajstić information content (AvgIpc) is 3.01. The first-order valence-electron chi connectivity index (χ1n) is 8.47. The van der Waals surface area contributed by atoms with Crippen LogP contribution in [0.25, 0.3) is 0 Å². The maximum atomic E-state index is 12.9. The van der Waals surface area contributed by atoms with Gasteiger partial charge in [0.15, 0.2) is 0 Å². The molecule has 1 heterocycles. The standard InChI is InChI=1S/C20H21FN2O2/c21-18-9-7-15(8-10-18)12-19(24)22-13-16-4-1-2-5-17(16)14-23-11-3-6-20(23)25/h1-2,4-5,7-10H,3,6,11-14H2,(H,22,24). The van der Waals surface area contributed by atoms with E-state index in [4.69, 9.17) is 0 Å². The van der Waals surface area contributed by atoms with Crippen LogP contribution >= 0.6 is 0 Å². The normalized spacial score (nSPS) is 14.0. The smallest absolute Gasteiger partial charge is 0.224 e. The monoisotopic (exact) mass is 340 g/mol. The maximum absolute atomic E-state index is 12.9. The summed E-state index contributed by atoms with van der Waals surface area (Å²) in [5.74, 6) is -0.233. The molecule has 1 saturated heterocycles. The number of nitrogens with one attached hydrogen (secondary N) is 1. The zero-order valence-corrected chi connectivity index (χ0v) is 14.0. The molecule has 0 aliphatic carbocycles. The van der Waals surface area contributed by atoms with E-state index < -0.39 is 0 Å². The van der Waals surface area contributed by atoms with Crippen molar-refractivity contribution in [1.29, 1.82) is 0 Å². The van der Waals surface area contributed by atoms with Gasteiger partial charge in [-0.2, -0.15) is 0 Å². The van der Waals surface area contributed by atoms with Crippen molar-refractivity contribution in [1.82, 2.24) is 10.2 Å². The summed E-state index contributed by atoms with van der Waals surface area (Å²) in [6.07, 6.45) is 1.75. The third-order valence-corrected chi connectivity index (χ3v) is 4.40. The number of benzene rings is 2. The van der Waals surface area contributed by atoms with Crippen LogP contribution in [0.4, 0.5) is 4.39 Å². The number of hydrogen-bond acceptors (Lipinski definition) is 2. The van der Waals surface area contributed by atoms with Gasteiger partial charge in [-0.1, -0.05) is 36.4 Å². The summed E-state index contributed by atoms with van der Waals surface area (Å²) in [7, 11) is 0. The van der Waals surface area contributed by atoms with Gasteiger partial charge >= 0.3 is 0 Å². The number of likely N-dealkylation sites (tertiary alicyclic amines) is 1. The summed E-state index contributed by atoms with van der Waals surface area (Å²) in [6, 6.07) is 13.8. The highest BCUT2D eigenvalue weighted by Gasteiger charge is 2.20. The molecule has 1 fully saturated rings. The van der Waals surface area contributed by atoms with Gasteiger partial charge in [-0.3, -0.25) is 9.59 Å². The van der Waals surface area contributed by atoms with Gasteiger partial charge in [-0.05, 0) is 35.2 Å². The molecule has 1 aliphatic rings. The molecule has 3 rings (SSSR count). The molecule has 0 unspecified atom stereocenters. The topological polar surface area (TPSA) is 49.4 Å². The van der Waals surface area contributed by atoms with Gasteiger partial charge in [0.05, 0.1) is 6.42 Å². The predicted octanol–water partition coefficient (Wildman–Crippen LogP) is 2.81. The lowest BCUT2D eigenvalue weighted by atomic mass is 10.1. The largest absolute Gasteiger partial charge is 0.352 e. The van der Waals surface area contributed by atoms with Gasteiger partial charge in [-0.25, -0.2) is 4.39 Å². The first-order valence-corrected chi connectivity index (χ1v) is 8.47. The van der Waals surface area contributed by atoms with Gasteiger partial charge in [0.25, 0.3) is 0 Å². The number of halogens is 1. The van der Waals surface area contributed by atoms with Crippen molar-refractivity contribution in [2.45, 2.75) is 32.4 Å². The lowest BCUT2D eigenvalue weighted by molar-refractivity contribution is -0.128. The summed E-state index contributed by atoms with van der Waals surface area (Å²) in [5.41, 5.74) is 2.84. The zero-order chi connectivity index (χ0) is 17.6. The van der Waals surface area contributed by atoms with Crippen molar-refractivity contribution in [2.24, 2.45) is 0 Å².